The van der Waals surface area contributed by atoms with Crippen molar-refractivity contribution in [2.45, 2.75) is 48.0 Å². The standard InChI is InChI=1S/C21H25ClN2O4S/c1-20(2,3)28-19(25)24-21(13-23)17(14-8-7-9-15(22)12-14)18(21)29(26,27)16-10-5-4-6-11-16/h4-12,17-18H,13,23H2,1-3H3,(H,24,25)/t17-,18+,21+/m0/s1. The second-order valence-corrected chi connectivity index (χ2v) is 10.7. The highest BCUT2D eigenvalue weighted by molar-refractivity contribution is 7.92. The van der Waals surface area contributed by atoms with Gasteiger partial charge in [0.1, 0.15) is 10.9 Å². The molecule has 0 unspecified atom stereocenters. The average Bonchev–Trinajstić information content (AvgIpc) is 3.30. The van der Waals surface area contributed by atoms with Crippen LogP contribution in [0.4, 0.5) is 4.79 Å². The summed E-state index contributed by atoms with van der Waals surface area (Å²) in [6.07, 6.45) is -0.708. The van der Waals surface area contributed by atoms with Gasteiger partial charge >= 0.3 is 6.09 Å². The largest absolute Gasteiger partial charge is 0.444 e. The van der Waals surface area contributed by atoms with Crippen LogP contribution in [0, 0.1) is 0 Å². The Labute approximate surface area is 176 Å². The predicted molar refractivity (Wildman–Crippen MR) is 113 cm³/mol. The Balaban J connectivity index is 2.04. The third-order valence-electron chi connectivity index (χ3n) is 4.94. The molecule has 2 aromatic rings. The number of halogens is 1. The van der Waals surface area contributed by atoms with Crippen molar-refractivity contribution in [3.63, 3.8) is 0 Å². The molecular weight excluding hydrogens is 412 g/mol. The predicted octanol–water partition coefficient (Wildman–Crippen LogP) is 3.50. The molecule has 0 heterocycles. The van der Waals surface area contributed by atoms with Crippen molar-refractivity contribution < 1.29 is 17.9 Å². The Morgan fingerprint density at radius 1 is 1.17 bits per heavy atom. The molecule has 0 aromatic heterocycles. The quantitative estimate of drug-likeness (QED) is 0.747. The molecule has 8 heteroatoms. The molecular formula is C21H25ClN2O4S. The minimum atomic E-state index is -3.78. The van der Waals surface area contributed by atoms with Crippen molar-refractivity contribution in [3.05, 3.63) is 65.2 Å². The number of nitrogens with one attached hydrogen (secondary N) is 1. The molecule has 1 saturated carbocycles. The number of amides is 1. The molecule has 0 radical (unpaired) electrons. The van der Waals surface area contributed by atoms with Crippen molar-refractivity contribution in [3.8, 4) is 0 Å². The molecule has 3 rings (SSSR count). The van der Waals surface area contributed by atoms with Crippen LogP contribution in [0.2, 0.25) is 5.02 Å². The highest BCUT2D eigenvalue weighted by atomic mass is 35.5. The van der Waals surface area contributed by atoms with E-state index in [0.29, 0.717) is 10.6 Å². The van der Waals surface area contributed by atoms with E-state index in [1.54, 1.807) is 63.2 Å². The Kier molecular flexibility index (Phi) is 5.69. The first-order valence-corrected chi connectivity index (χ1v) is 11.2. The summed E-state index contributed by atoms with van der Waals surface area (Å²) < 4.78 is 32.2. The number of carbonyl (C=O) groups excluding carboxylic acids is 1. The maximum Gasteiger partial charge on any atom is 0.408 e. The number of alkyl carbamates (subject to hydrolysis) is 1. The molecule has 0 bridgehead atoms. The molecule has 29 heavy (non-hydrogen) atoms. The topological polar surface area (TPSA) is 98.5 Å². The third kappa shape index (κ3) is 4.27. The number of hydrogen-bond donors (Lipinski definition) is 2. The van der Waals surface area contributed by atoms with Gasteiger partial charge in [-0.3, -0.25) is 0 Å². The monoisotopic (exact) mass is 436 g/mol. The van der Waals surface area contributed by atoms with Crippen LogP contribution in [0.1, 0.15) is 32.3 Å². The average molecular weight is 437 g/mol. The molecule has 6 nitrogen and oxygen atoms in total. The van der Waals surface area contributed by atoms with Crippen molar-refractivity contribution in [1.29, 1.82) is 0 Å². The molecule has 0 aliphatic heterocycles. The van der Waals surface area contributed by atoms with Gasteiger partial charge in [-0.05, 0) is 50.6 Å². The number of nitrogens with two attached hydrogens (primary N) is 1. The molecule has 156 valence electrons. The molecule has 1 amide bonds. The van der Waals surface area contributed by atoms with Gasteiger partial charge in [0, 0.05) is 17.5 Å². The lowest BCUT2D eigenvalue weighted by molar-refractivity contribution is 0.0497. The van der Waals surface area contributed by atoms with Crippen molar-refractivity contribution >= 4 is 27.5 Å². The van der Waals surface area contributed by atoms with E-state index in [1.165, 1.54) is 12.1 Å². The Morgan fingerprint density at radius 3 is 2.38 bits per heavy atom. The first kappa shape index (κ1) is 21.6. The fraction of sp³-hybridized carbons (Fsp3) is 0.381. The van der Waals surface area contributed by atoms with Gasteiger partial charge in [0.25, 0.3) is 0 Å². The van der Waals surface area contributed by atoms with Gasteiger partial charge in [0.15, 0.2) is 9.84 Å². The Hall–Kier alpha value is -2.09. The van der Waals surface area contributed by atoms with Gasteiger partial charge in [0.2, 0.25) is 0 Å². The molecule has 1 fully saturated rings. The van der Waals surface area contributed by atoms with E-state index in [0.717, 1.165) is 0 Å². The first-order chi connectivity index (χ1) is 13.5. The number of ether oxygens (including phenoxy) is 1. The second kappa shape index (κ2) is 7.63. The van der Waals surface area contributed by atoms with Crippen LogP contribution in [-0.2, 0) is 14.6 Å². The fourth-order valence-electron chi connectivity index (χ4n) is 3.73. The zero-order valence-corrected chi connectivity index (χ0v) is 18.1. The van der Waals surface area contributed by atoms with Crippen LogP contribution in [0.3, 0.4) is 0 Å². The highest BCUT2D eigenvalue weighted by Gasteiger charge is 2.71. The Morgan fingerprint density at radius 2 is 1.83 bits per heavy atom. The summed E-state index contributed by atoms with van der Waals surface area (Å²) in [6, 6.07) is 15.1. The molecule has 3 N–H and O–H groups in total. The Bertz CT molecular complexity index is 1000. The number of carbonyl (C=O) groups is 1. The smallest absolute Gasteiger partial charge is 0.408 e. The van der Waals surface area contributed by atoms with E-state index in [-0.39, 0.29) is 11.4 Å². The summed E-state index contributed by atoms with van der Waals surface area (Å²) in [5, 5.41) is 2.30. The van der Waals surface area contributed by atoms with Crippen molar-refractivity contribution in [1.82, 2.24) is 5.32 Å². The maximum absolute atomic E-state index is 13.4. The van der Waals surface area contributed by atoms with Gasteiger partial charge in [-0.15, -0.1) is 0 Å². The van der Waals surface area contributed by atoms with Crippen LogP contribution in [0.25, 0.3) is 0 Å². The fourth-order valence-corrected chi connectivity index (χ4v) is 6.29. The molecule has 2 aromatic carbocycles. The summed E-state index contributed by atoms with van der Waals surface area (Å²) in [5.74, 6) is -0.552. The minimum Gasteiger partial charge on any atom is -0.444 e. The summed E-state index contributed by atoms with van der Waals surface area (Å²) >= 11 is 6.13. The SMILES string of the molecule is CC(C)(C)OC(=O)N[C@@]1(CN)[C@H](S(=O)(=O)c2ccccc2)[C@@H]1c1cccc(Cl)c1. The lowest BCUT2D eigenvalue weighted by atomic mass is 10.1. The van der Waals surface area contributed by atoms with E-state index in [2.05, 4.69) is 5.32 Å². The molecule has 1 aliphatic carbocycles. The molecule has 0 saturated heterocycles. The second-order valence-electron chi connectivity index (χ2n) is 8.18. The number of sulfone groups is 1. The van der Waals surface area contributed by atoms with Crippen LogP contribution in [0.5, 0.6) is 0 Å². The summed E-state index contributed by atoms with van der Waals surface area (Å²) in [7, 11) is -3.78. The van der Waals surface area contributed by atoms with Gasteiger partial charge in [0.05, 0.1) is 10.4 Å². The lowest BCUT2D eigenvalue weighted by Gasteiger charge is -2.24. The number of benzene rings is 2. The summed E-state index contributed by atoms with van der Waals surface area (Å²) in [5.41, 5.74) is 4.82. The zero-order valence-electron chi connectivity index (χ0n) is 16.6. The first-order valence-electron chi connectivity index (χ1n) is 9.27. The van der Waals surface area contributed by atoms with E-state index in [1.807, 2.05) is 0 Å². The van der Waals surface area contributed by atoms with Gasteiger partial charge in [-0.2, -0.15) is 0 Å². The molecule has 3 atom stereocenters. The third-order valence-corrected chi connectivity index (χ3v) is 7.47. The normalized spacial score (nSPS) is 24.0. The summed E-state index contributed by atoms with van der Waals surface area (Å²) in [4.78, 5) is 12.7. The van der Waals surface area contributed by atoms with E-state index in [4.69, 9.17) is 22.1 Å². The van der Waals surface area contributed by atoms with E-state index >= 15 is 0 Å². The van der Waals surface area contributed by atoms with Crippen LogP contribution in [0.15, 0.2) is 59.5 Å². The van der Waals surface area contributed by atoms with E-state index < -0.39 is 38.2 Å². The minimum absolute atomic E-state index is 0.0693. The number of hydrogen-bond acceptors (Lipinski definition) is 5. The van der Waals surface area contributed by atoms with Crippen LogP contribution < -0.4 is 11.1 Å². The van der Waals surface area contributed by atoms with Gasteiger partial charge in [-0.1, -0.05) is 41.9 Å². The van der Waals surface area contributed by atoms with Crippen molar-refractivity contribution in [2.75, 3.05) is 6.54 Å². The van der Waals surface area contributed by atoms with Gasteiger partial charge in [-0.25, -0.2) is 13.2 Å². The lowest BCUT2D eigenvalue weighted by Crippen LogP contribution is -2.49. The summed E-state index contributed by atoms with van der Waals surface area (Å²) in [6.45, 7) is 5.14. The van der Waals surface area contributed by atoms with Crippen LogP contribution >= 0.6 is 11.6 Å². The van der Waals surface area contributed by atoms with Gasteiger partial charge < -0.3 is 15.8 Å². The molecule has 1 aliphatic rings. The molecule has 0 spiro atoms. The van der Waals surface area contributed by atoms with E-state index in [9.17, 15) is 13.2 Å². The number of rotatable bonds is 5. The van der Waals surface area contributed by atoms with Crippen molar-refractivity contribution in [2.24, 2.45) is 5.73 Å². The van der Waals surface area contributed by atoms with Crippen LogP contribution in [-0.4, -0.2) is 37.4 Å². The highest BCUT2D eigenvalue weighted by Crippen LogP contribution is 2.57. The zero-order chi connectivity index (χ0) is 21.4. The maximum atomic E-state index is 13.4.